The van der Waals surface area contributed by atoms with Gasteiger partial charge in [-0.3, -0.25) is 4.79 Å². The lowest BCUT2D eigenvalue weighted by Crippen LogP contribution is -2.13. The number of carbonyl (C=O) groups is 1. The molecule has 0 saturated carbocycles. The van der Waals surface area contributed by atoms with Crippen molar-refractivity contribution in [2.45, 2.75) is 6.92 Å². The summed E-state index contributed by atoms with van der Waals surface area (Å²) in [5.41, 5.74) is 2.00. The Hall–Kier alpha value is -2.08. The van der Waals surface area contributed by atoms with E-state index in [9.17, 15) is 4.79 Å². The van der Waals surface area contributed by atoms with Crippen molar-refractivity contribution in [1.29, 1.82) is 0 Å². The summed E-state index contributed by atoms with van der Waals surface area (Å²) in [4.78, 5) is 16.6. The molecule has 21 heavy (non-hydrogen) atoms. The predicted octanol–water partition coefficient (Wildman–Crippen LogP) is 3.46. The van der Waals surface area contributed by atoms with E-state index >= 15 is 0 Å². The van der Waals surface area contributed by atoms with Crippen LogP contribution in [0.5, 0.6) is 5.75 Å². The molecular weight excluding hydrogens is 334 g/mol. The second kappa shape index (κ2) is 6.58. The number of ether oxygens (including phenoxy) is 1. The fourth-order valence-electron chi connectivity index (χ4n) is 1.87. The van der Waals surface area contributed by atoms with E-state index in [1.54, 1.807) is 38.4 Å². The lowest BCUT2D eigenvalue weighted by molar-refractivity contribution is 0.102. The third-order valence-electron chi connectivity index (χ3n) is 2.88. The number of pyridine rings is 1. The Kier molecular flexibility index (Phi) is 4.80. The first-order valence-electron chi connectivity index (χ1n) is 6.35. The number of carbonyl (C=O) groups excluding carboxylic acids is 1. The first-order chi connectivity index (χ1) is 10.0. The molecule has 0 fully saturated rings. The Bertz CT molecular complexity index is 674. The number of hydrogen-bond donors (Lipinski definition) is 2. The third kappa shape index (κ3) is 3.72. The van der Waals surface area contributed by atoms with Gasteiger partial charge in [0.25, 0.3) is 5.91 Å². The molecule has 0 unspecified atom stereocenters. The number of rotatable bonds is 4. The summed E-state index contributed by atoms with van der Waals surface area (Å²) >= 11 is 3.38. The van der Waals surface area contributed by atoms with Gasteiger partial charge in [-0.15, -0.1) is 0 Å². The number of methoxy groups -OCH3 is 1. The highest BCUT2D eigenvalue weighted by Gasteiger charge is 2.10. The fourth-order valence-corrected chi connectivity index (χ4v) is 2.28. The summed E-state index contributed by atoms with van der Waals surface area (Å²) in [5.74, 6) is 1.13. The number of nitrogens with zero attached hydrogens (tertiary/aromatic N) is 1. The minimum Gasteiger partial charge on any atom is -0.495 e. The summed E-state index contributed by atoms with van der Waals surface area (Å²) in [5, 5.41) is 5.78. The Morgan fingerprint density at radius 3 is 2.71 bits per heavy atom. The normalized spacial score (nSPS) is 10.1. The number of aromatic nitrogens is 1. The van der Waals surface area contributed by atoms with Crippen LogP contribution in [0.3, 0.4) is 0 Å². The van der Waals surface area contributed by atoms with E-state index in [-0.39, 0.29) is 5.91 Å². The summed E-state index contributed by atoms with van der Waals surface area (Å²) in [6, 6.07) is 8.84. The second-order valence-corrected chi connectivity index (χ2v) is 5.29. The molecule has 2 N–H and O–H groups in total. The third-order valence-corrected chi connectivity index (χ3v) is 3.54. The molecule has 1 aromatic heterocycles. The number of halogens is 1. The van der Waals surface area contributed by atoms with Gasteiger partial charge in [0.2, 0.25) is 0 Å². The average molecular weight is 350 g/mol. The first-order valence-corrected chi connectivity index (χ1v) is 7.14. The zero-order valence-electron chi connectivity index (χ0n) is 12.0. The van der Waals surface area contributed by atoms with Gasteiger partial charge in [-0.25, -0.2) is 4.98 Å². The van der Waals surface area contributed by atoms with Crippen LogP contribution in [0.2, 0.25) is 0 Å². The molecule has 5 nitrogen and oxygen atoms in total. The zero-order chi connectivity index (χ0) is 15.4. The lowest BCUT2D eigenvalue weighted by Gasteiger charge is -2.10. The highest BCUT2D eigenvalue weighted by atomic mass is 79.9. The summed E-state index contributed by atoms with van der Waals surface area (Å²) in [7, 11) is 3.35. The highest BCUT2D eigenvalue weighted by molar-refractivity contribution is 9.10. The van der Waals surface area contributed by atoms with Crippen molar-refractivity contribution in [3.8, 4) is 5.75 Å². The van der Waals surface area contributed by atoms with Gasteiger partial charge in [-0.1, -0.05) is 0 Å². The Balaban J connectivity index is 2.23. The van der Waals surface area contributed by atoms with Crippen LogP contribution in [0.1, 0.15) is 16.1 Å². The van der Waals surface area contributed by atoms with Crippen LogP contribution in [-0.2, 0) is 0 Å². The summed E-state index contributed by atoms with van der Waals surface area (Å²) in [6.07, 6.45) is 0. The molecule has 2 rings (SSSR count). The molecule has 0 saturated heterocycles. The molecule has 0 aliphatic carbocycles. The van der Waals surface area contributed by atoms with Crippen molar-refractivity contribution in [2.75, 3.05) is 24.8 Å². The topological polar surface area (TPSA) is 63.2 Å². The molecule has 0 aliphatic rings. The van der Waals surface area contributed by atoms with Crippen LogP contribution in [0, 0.1) is 6.92 Å². The van der Waals surface area contributed by atoms with Gasteiger partial charge < -0.3 is 15.4 Å². The van der Waals surface area contributed by atoms with Gasteiger partial charge in [0.15, 0.2) is 0 Å². The second-order valence-electron chi connectivity index (χ2n) is 4.44. The predicted molar refractivity (Wildman–Crippen MR) is 87.2 cm³/mol. The van der Waals surface area contributed by atoms with E-state index in [4.69, 9.17) is 4.74 Å². The molecular formula is C15H16BrN3O2. The molecule has 0 radical (unpaired) electrons. The molecule has 110 valence electrons. The monoisotopic (exact) mass is 349 g/mol. The molecule has 2 aromatic rings. The van der Waals surface area contributed by atoms with Crippen LogP contribution in [0.25, 0.3) is 0 Å². The van der Waals surface area contributed by atoms with Crippen LogP contribution in [0.4, 0.5) is 11.5 Å². The van der Waals surface area contributed by atoms with Gasteiger partial charge in [0, 0.05) is 30.1 Å². The number of hydrogen-bond acceptors (Lipinski definition) is 4. The van der Waals surface area contributed by atoms with Crippen LogP contribution in [0.15, 0.2) is 34.8 Å². The molecule has 0 bridgehead atoms. The van der Waals surface area contributed by atoms with Gasteiger partial charge in [0.1, 0.15) is 11.6 Å². The van der Waals surface area contributed by atoms with Crippen molar-refractivity contribution >= 4 is 33.3 Å². The largest absolute Gasteiger partial charge is 0.495 e. The van der Waals surface area contributed by atoms with Gasteiger partial charge in [-0.2, -0.15) is 0 Å². The first kappa shape index (κ1) is 15.3. The molecule has 0 aliphatic heterocycles. The van der Waals surface area contributed by atoms with Gasteiger partial charge in [0.05, 0.1) is 11.6 Å². The molecule has 1 heterocycles. The fraction of sp³-hybridized carbons (Fsp3) is 0.200. The highest BCUT2D eigenvalue weighted by Crippen LogP contribution is 2.28. The van der Waals surface area contributed by atoms with E-state index < -0.39 is 0 Å². The minimum atomic E-state index is -0.193. The molecule has 1 aromatic carbocycles. The van der Waals surface area contributed by atoms with Crippen molar-refractivity contribution in [3.63, 3.8) is 0 Å². The maximum absolute atomic E-state index is 12.3. The van der Waals surface area contributed by atoms with E-state index in [2.05, 4.69) is 31.5 Å². The Labute approximate surface area is 131 Å². The van der Waals surface area contributed by atoms with Crippen LogP contribution < -0.4 is 15.4 Å². The van der Waals surface area contributed by atoms with E-state index in [0.29, 0.717) is 22.8 Å². The maximum atomic E-state index is 12.3. The zero-order valence-corrected chi connectivity index (χ0v) is 13.6. The number of aryl methyl sites for hydroxylation is 1. The molecule has 0 atom stereocenters. The van der Waals surface area contributed by atoms with Crippen molar-refractivity contribution < 1.29 is 9.53 Å². The van der Waals surface area contributed by atoms with Crippen molar-refractivity contribution in [3.05, 3.63) is 46.1 Å². The standard InChI is InChI=1S/C15H16BrN3O2/c1-9-6-10(7-14(17-2)18-9)15(20)19-11-4-5-12(16)13(8-11)21-3/h4-8H,1-3H3,(H,17,18)(H,19,20). The van der Waals surface area contributed by atoms with Crippen molar-refractivity contribution in [1.82, 2.24) is 4.98 Å². The number of amides is 1. The molecule has 6 heteroatoms. The average Bonchev–Trinajstić information content (AvgIpc) is 2.48. The van der Waals surface area contributed by atoms with Gasteiger partial charge >= 0.3 is 0 Å². The molecule has 0 spiro atoms. The quantitative estimate of drug-likeness (QED) is 0.887. The van der Waals surface area contributed by atoms with Crippen LogP contribution >= 0.6 is 15.9 Å². The number of benzene rings is 1. The molecule has 1 amide bonds. The number of nitrogens with one attached hydrogen (secondary N) is 2. The Morgan fingerprint density at radius 1 is 1.29 bits per heavy atom. The Morgan fingerprint density at radius 2 is 2.05 bits per heavy atom. The summed E-state index contributed by atoms with van der Waals surface area (Å²) < 4.78 is 6.04. The summed E-state index contributed by atoms with van der Waals surface area (Å²) in [6.45, 7) is 1.85. The van der Waals surface area contributed by atoms with E-state index in [0.717, 1.165) is 10.2 Å². The smallest absolute Gasteiger partial charge is 0.255 e. The minimum absolute atomic E-state index is 0.193. The van der Waals surface area contributed by atoms with Gasteiger partial charge in [-0.05, 0) is 47.1 Å². The number of anilines is 2. The van der Waals surface area contributed by atoms with E-state index in [1.807, 2.05) is 13.0 Å². The lowest BCUT2D eigenvalue weighted by atomic mass is 10.2. The van der Waals surface area contributed by atoms with E-state index in [1.165, 1.54) is 0 Å². The van der Waals surface area contributed by atoms with Crippen LogP contribution in [-0.4, -0.2) is 25.0 Å². The SMILES string of the molecule is CNc1cc(C(=O)Nc2ccc(Br)c(OC)c2)cc(C)n1. The van der Waals surface area contributed by atoms with Crippen molar-refractivity contribution in [2.24, 2.45) is 0 Å². The maximum Gasteiger partial charge on any atom is 0.255 e.